The fourth-order valence-electron chi connectivity index (χ4n) is 0.539. The summed E-state index contributed by atoms with van der Waals surface area (Å²) in [6.07, 6.45) is 5.06. The Morgan fingerprint density at radius 1 is 1.42 bits per heavy atom. The Labute approximate surface area is 80.1 Å². The van der Waals surface area contributed by atoms with Crippen molar-refractivity contribution < 1.29 is 0 Å². The van der Waals surface area contributed by atoms with Crippen molar-refractivity contribution in [2.75, 3.05) is 13.1 Å². The molecule has 0 rings (SSSR count). The monoisotopic (exact) mass is 184 g/mol. The first-order valence-corrected chi connectivity index (χ1v) is 4.32. The Bertz CT molecular complexity index is 186. The summed E-state index contributed by atoms with van der Waals surface area (Å²) >= 11 is 4.97. The van der Waals surface area contributed by atoms with Gasteiger partial charge in [-0.25, -0.2) is 0 Å². The molecule has 0 heterocycles. The quantitative estimate of drug-likeness (QED) is 0.497. The molecule has 0 fully saturated rings. The molecular weight excluding hydrogens is 168 g/mol. The van der Waals surface area contributed by atoms with Crippen molar-refractivity contribution in [1.82, 2.24) is 10.6 Å². The molecule has 0 aromatic carbocycles. The molecule has 0 aliphatic heterocycles. The summed E-state index contributed by atoms with van der Waals surface area (Å²) in [5.41, 5.74) is 0.238. The Kier molecular flexibility index (Phi) is 4.68. The molecule has 0 atom stereocenters. The highest BCUT2D eigenvalue weighted by Crippen LogP contribution is 2.09. The van der Waals surface area contributed by atoms with Gasteiger partial charge in [0.1, 0.15) is 0 Å². The number of nitrogens with one attached hydrogen (secondary N) is 2. The predicted molar refractivity (Wildman–Crippen MR) is 56.9 cm³/mol. The molecule has 0 amide bonds. The Hall–Kier alpha value is -0.750. The van der Waals surface area contributed by atoms with Gasteiger partial charge in [-0.2, -0.15) is 0 Å². The molecule has 0 aliphatic rings. The highest BCUT2D eigenvalue weighted by molar-refractivity contribution is 7.80. The zero-order valence-corrected chi connectivity index (χ0v) is 8.72. The maximum atomic E-state index is 5.06. The van der Waals surface area contributed by atoms with Crippen LogP contribution in [0.25, 0.3) is 0 Å². The number of rotatable bonds is 2. The average Bonchev–Trinajstić information content (AvgIpc) is 1.95. The molecule has 0 bridgehead atoms. The second kappa shape index (κ2) is 5.00. The van der Waals surface area contributed by atoms with E-state index in [1.807, 2.05) is 0 Å². The van der Waals surface area contributed by atoms with Gasteiger partial charge in [0.25, 0.3) is 0 Å². The summed E-state index contributed by atoms with van der Waals surface area (Å²) < 4.78 is 0. The van der Waals surface area contributed by atoms with Crippen molar-refractivity contribution in [2.24, 2.45) is 5.41 Å². The van der Waals surface area contributed by atoms with Crippen molar-refractivity contribution >= 4 is 17.3 Å². The van der Waals surface area contributed by atoms with Gasteiger partial charge in [0.05, 0.1) is 6.54 Å². The average molecular weight is 184 g/mol. The zero-order chi connectivity index (χ0) is 9.61. The van der Waals surface area contributed by atoms with E-state index in [2.05, 4.69) is 37.3 Å². The summed E-state index contributed by atoms with van der Waals surface area (Å²) in [6.45, 7) is 7.76. The lowest BCUT2D eigenvalue weighted by atomic mass is 9.97. The van der Waals surface area contributed by atoms with Crippen LogP contribution in [-0.2, 0) is 0 Å². The van der Waals surface area contributed by atoms with Crippen molar-refractivity contribution in [3.63, 3.8) is 0 Å². The fraction of sp³-hybridized carbons (Fsp3) is 0.667. The molecule has 2 nitrogen and oxygen atoms in total. The Morgan fingerprint density at radius 2 is 2.00 bits per heavy atom. The van der Waals surface area contributed by atoms with Crippen LogP contribution >= 0.6 is 12.2 Å². The van der Waals surface area contributed by atoms with Crippen LogP contribution in [0, 0.1) is 17.8 Å². The van der Waals surface area contributed by atoms with Crippen molar-refractivity contribution in [3.8, 4) is 12.3 Å². The first-order chi connectivity index (χ1) is 5.45. The van der Waals surface area contributed by atoms with Crippen molar-refractivity contribution in [2.45, 2.75) is 20.8 Å². The van der Waals surface area contributed by atoms with Gasteiger partial charge in [-0.3, -0.25) is 0 Å². The van der Waals surface area contributed by atoms with Gasteiger partial charge in [0, 0.05) is 6.54 Å². The van der Waals surface area contributed by atoms with E-state index in [4.69, 9.17) is 18.6 Å². The largest absolute Gasteiger partial charge is 0.362 e. The first-order valence-electron chi connectivity index (χ1n) is 3.91. The minimum absolute atomic E-state index is 0.238. The van der Waals surface area contributed by atoms with Crippen LogP contribution in [-0.4, -0.2) is 18.2 Å². The highest BCUT2D eigenvalue weighted by Gasteiger charge is 2.09. The molecule has 0 radical (unpaired) electrons. The number of hydrogen-bond donors (Lipinski definition) is 2. The Balaban J connectivity index is 3.53. The highest BCUT2D eigenvalue weighted by atomic mass is 32.1. The first kappa shape index (κ1) is 11.2. The molecule has 0 saturated heterocycles. The third-order valence-electron chi connectivity index (χ3n) is 1.13. The summed E-state index contributed by atoms with van der Waals surface area (Å²) in [5.74, 6) is 2.46. The second-order valence-corrected chi connectivity index (χ2v) is 4.21. The van der Waals surface area contributed by atoms with Gasteiger partial charge in [-0.15, -0.1) is 6.42 Å². The van der Waals surface area contributed by atoms with E-state index in [-0.39, 0.29) is 5.41 Å². The molecule has 0 spiro atoms. The van der Waals surface area contributed by atoms with Crippen molar-refractivity contribution in [1.29, 1.82) is 0 Å². The van der Waals surface area contributed by atoms with Crippen LogP contribution in [0.2, 0.25) is 0 Å². The smallest absolute Gasteiger partial charge is 0.167 e. The van der Waals surface area contributed by atoms with E-state index < -0.39 is 0 Å². The predicted octanol–water partition coefficient (Wildman–Crippen LogP) is 1.13. The lowest BCUT2D eigenvalue weighted by molar-refractivity contribution is 0.408. The maximum Gasteiger partial charge on any atom is 0.167 e. The third-order valence-corrected chi connectivity index (χ3v) is 1.42. The normalized spacial score (nSPS) is 10.2. The summed E-state index contributed by atoms with van der Waals surface area (Å²) in [6, 6.07) is 0. The van der Waals surface area contributed by atoms with Crippen LogP contribution in [0.1, 0.15) is 20.8 Å². The topological polar surface area (TPSA) is 24.1 Å². The molecule has 0 saturated carbocycles. The molecule has 0 unspecified atom stereocenters. The molecule has 0 aromatic heterocycles. The van der Waals surface area contributed by atoms with E-state index in [1.165, 1.54) is 0 Å². The van der Waals surface area contributed by atoms with Gasteiger partial charge in [0.2, 0.25) is 0 Å². The summed E-state index contributed by atoms with van der Waals surface area (Å²) in [7, 11) is 0. The molecular formula is C9H16N2S. The number of terminal acetylenes is 1. The van der Waals surface area contributed by atoms with E-state index >= 15 is 0 Å². The molecule has 0 aromatic rings. The molecule has 68 valence electrons. The van der Waals surface area contributed by atoms with E-state index in [0.717, 1.165) is 6.54 Å². The fourth-order valence-corrected chi connectivity index (χ4v) is 0.684. The van der Waals surface area contributed by atoms with Gasteiger partial charge < -0.3 is 10.6 Å². The molecule has 0 aliphatic carbocycles. The number of thiocarbonyl (C=S) groups is 1. The van der Waals surface area contributed by atoms with Crippen LogP contribution in [0.4, 0.5) is 0 Å². The lowest BCUT2D eigenvalue weighted by Crippen LogP contribution is -2.39. The second-order valence-electron chi connectivity index (χ2n) is 3.80. The van der Waals surface area contributed by atoms with E-state index in [0.29, 0.717) is 11.7 Å². The van der Waals surface area contributed by atoms with Crippen molar-refractivity contribution in [3.05, 3.63) is 0 Å². The molecule has 2 N–H and O–H groups in total. The van der Waals surface area contributed by atoms with Gasteiger partial charge in [-0.1, -0.05) is 26.7 Å². The maximum absolute atomic E-state index is 5.06. The zero-order valence-electron chi connectivity index (χ0n) is 7.90. The summed E-state index contributed by atoms with van der Waals surface area (Å²) in [4.78, 5) is 0. The SMILES string of the molecule is C#CCNC(=S)NCC(C)(C)C. The van der Waals surface area contributed by atoms with E-state index in [1.54, 1.807) is 0 Å². The third kappa shape index (κ3) is 7.36. The Morgan fingerprint density at radius 3 is 2.42 bits per heavy atom. The summed E-state index contributed by atoms with van der Waals surface area (Å²) in [5, 5.41) is 6.60. The minimum Gasteiger partial charge on any atom is -0.362 e. The van der Waals surface area contributed by atoms with Crippen LogP contribution < -0.4 is 10.6 Å². The number of hydrogen-bond acceptors (Lipinski definition) is 1. The van der Waals surface area contributed by atoms with Gasteiger partial charge in [-0.05, 0) is 17.6 Å². The van der Waals surface area contributed by atoms with E-state index in [9.17, 15) is 0 Å². The van der Waals surface area contributed by atoms with Crippen LogP contribution in [0.5, 0.6) is 0 Å². The lowest BCUT2D eigenvalue weighted by Gasteiger charge is -2.19. The molecule has 3 heteroatoms. The molecule has 12 heavy (non-hydrogen) atoms. The minimum atomic E-state index is 0.238. The van der Waals surface area contributed by atoms with Gasteiger partial charge >= 0.3 is 0 Å². The van der Waals surface area contributed by atoms with Crippen LogP contribution in [0.15, 0.2) is 0 Å². The van der Waals surface area contributed by atoms with Gasteiger partial charge in [0.15, 0.2) is 5.11 Å². The van der Waals surface area contributed by atoms with Crippen LogP contribution in [0.3, 0.4) is 0 Å². The standard InChI is InChI=1S/C9H16N2S/c1-5-6-10-8(12)11-7-9(2,3)4/h1H,6-7H2,2-4H3,(H2,10,11,12).